The molecule has 0 radical (unpaired) electrons. The van der Waals surface area contributed by atoms with E-state index in [2.05, 4.69) is 10.0 Å². The Morgan fingerprint density at radius 3 is 2.54 bits per heavy atom. The van der Waals surface area contributed by atoms with Gasteiger partial charge < -0.3 is 9.88 Å². The highest BCUT2D eigenvalue weighted by Crippen LogP contribution is 2.17. The summed E-state index contributed by atoms with van der Waals surface area (Å²) in [5.41, 5.74) is 0.597. The number of nitrogens with one attached hydrogen (secondary N) is 2. The predicted molar refractivity (Wildman–Crippen MR) is 103 cm³/mol. The Hall–Kier alpha value is -1.97. The molecule has 1 aromatic carbocycles. The fraction of sp³-hybridized carbons (Fsp3) is 0.412. The Morgan fingerprint density at radius 2 is 1.96 bits per heavy atom. The molecule has 0 saturated heterocycles. The van der Waals surface area contributed by atoms with Crippen molar-refractivity contribution in [2.24, 2.45) is 0 Å². The summed E-state index contributed by atoms with van der Waals surface area (Å²) in [6.07, 6.45) is 0.120. The van der Waals surface area contributed by atoms with E-state index in [9.17, 15) is 18.0 Å². The van der Waals surface area contributed by atoms with Gasteiger partial charge >= 0.3 is 4.87 Å². The number of rotatable bonds is 6. The maximum Gasteiger partial charge on any atom is 0.307 e. The molecule has 0 aliphatic carbocycles. The van der Waals surface area contributed by atoms with Crippen LogP contribution in [0.25, 0.3) is 0 Å². The Morgan fingerprint density at radius 1 is 1.27 bits per heavy atom. The van der Waals surface area contributed by atoms with Gasteiger partial charge in [0.2, 0.25) is 15.9 Å². The van der Waals surface area contributed by atoms with Gasteiger partial charge in [-0.3, -0.25) is 9.59 Å². The maximum absolute atomic E-state index is 12.4. The summed E-state index contributed by atoms with van der Waals surface area (Å²) in [5.74, 6) is -0.291. The number of aryl methyl sites for hydroxylation is 1. The smallest absolute Gasteiger partial charge is 0.307 e. The topological polar surface area (TPSA) is 97.3 Å². The van der Waals surface area contributed by atoms with E-state index in [-0.39, 0.29) is 28.6 Å². The van der Waals surface area contributed by atoms with Crippen LogP contribution in [0.15, 0.2) is 39.3 Å². The molecule has 0 atom stereocenters. The molecule has 1 amide bonds. The van der Waals surface area contributed by atoms with Crippen molar-refractivity contribution in [3.05, 3.63) is 45.0 Å². The molecule has 2 N–H and O–H groups in total. The minimum atomic E-state index is -3.68. The zero-order valence-corrected chi connectivity index (χ0v) is 16.8. The van der Waals surface area contributed by atoms with Crippen molar-refractivity contribution >= 4 is 33.0 Å². The molecule has 0 fully saturated rings. The van der Waals surface area contributed by atoms with E-state index in [4.69, 9.17) is 0 Å². The van der Waals surface area contributed by atoms with Crippen LogP contribution in [0.2, 0.25) is 0 Å². The number of carbonyl (C=O) groups is 1. The van der Waals surface area contributed by atoms with Crippen LogP contribution in [0, 0.1) is 6.92 Å². The normalized spacial score (nSPS) is 12.2. The minimum Gasteiger partial charge on any atom is -0.326 e. The number of benzene rings is 1. The molecule has 26 heavy (non-hydrogen) atoms. The Bertz CT molecular complexity index is 953. The van der Waals surface area contributed by atoms with E-state index >= 15 is 0 Å². The number of hydrogen-bond donors (Lipinski definition) is 2. The zero-order chi connectivity index (χ0) is 19.5. The van der Waals surface area contributed by atoms with Crippen LogP contribution in [-0.2, 0) is 21.4 Å². The lowest BCUT2D eigenvalue weighted by atomic mass is 10.1. The molecule has 0 saturated carbocycles. The lowest BCUT2D eigenvalue weighted by Gasteiger charge is -2.20. The summed E-state index contributed by atoms with van der Waals surface area (Å²) >= 11 is 1.10. The number of anilines is 1. The fourth-order valence-corrected chi connectivity index (χ4v) is 4.54. The molecule has 142 valence electrons. The van der Waals surface area contributed by atoms with Gasteiger partial charge in [0.25, 0.3) is 0 Å². The first kappa shape index (κ1) is 20.3. The third-order valence-corrected chi connectivity index (χ3v) is 6.04. The molecule has 9 heteroatoms. The van der Waals surface area contributed by atoms with Gasteiger partial charge in [-0.1, -0.05) is 17.4 Å². The highest BCUT2D eigenvalue weighted by atomic mass is 32.2. The molecular formula is C17H23N3O4S2. The van der Waals surface area contributed by atoms with Crippen molar-refractivity contribution in [2.75, 3.05) is 5.32 Å². The first-order chi connectivity index (χ1) is 12.0. The molecule has 0 spiro atoms. The van der Waals surface area contributed by atoms with E-state index in [1.165, 1.54) is 12.1 Å². The number of sulfonamides is 1. The molecule has 7 nitrogen and oxygen atoms in total. The third kappa shape index (κ3) is 5.52. The van der Waals surface area contributed by atoms with Crippen LogP contribution < -0.4 is 14.9 Å². The highest BCUT2D eigenvalue weighted by molar-refractivity contribution is 7.89. The molecule has 2 rings (SSSR count). The van der Waals surface area contributed by atoms with Gasteiger partial charge in [-0.05, 0) is 45.9 Å². The average molecular weight is 398 g/mol. The number of amides is 1. The largest absolute Gasteiger partial charge is 0.326 e. The highest BCUT2D eigenvalue weighted by Gasteiger charge is 2.22. The predicted octanol–water partition coefficient (Wildman–Crippen LogP) is 2.32. The van der Waals surface area contributed by atoms with Crippen LogP contribution in [0.4, 0.5) is 5.69 Å². The van der Waals surface area contributed by atoms with Gasteiger partial charge in [-0.15, -0.1) is 0 Å². The summed E-state index contributed by atoms with van der Waals surface area (Å²) in [5, 5.41) is 4.42. The Labute approximate surface area is 157 Å². The van der Waals surface area contributed by atoms with Crippen molar-refractivity contribution in [3.8, 4) is 0 Å². The van der Waals surface area contributed by atoms with Crippen LogP contribution in [0.1, 0.15) is 32.9 Å². The number of nitrogens with zero attached hydrogens (tertiary/aromatic N) is 1. The van der Waals surface area contributed by atoms with Crippen molar-refractivity contribution in [1.82, 2.24) is 9.29 Å². The number of aromatic nitrogens is 1. The van der Waals surface area contributed by atoms with Gasteiger partial charge in [0.1, 0.15) is 0 Å². The van der Waals surface area contributed by atoms with Crippen LogP contribution >= 0.6 is 11.3 Å². The van der Waals surface area contributed by atoms with Crippen molar-refractivity contribution in [3.63, 3.8) is 0 Å². The lowest BCUT2D eigenvalue weighted by Crippen LogP contribution is -2.40. The second kappa shape index (κ2) is 7.73. The SMILES string of the molecule is Cc1csc(=O)n1CCC(=O)Nc1cccc(S(=O)(=O)NC(C)(C)C)c1. The molecule has 0 bridgehead atoms. The first-order valence-corrected chi connectivity index (χ1v) is 10.4. The van der Waals surface area contributed by atoms with Gasteiger partial charge in [-0.25, -0.2) is 13.1 Å². The van der Waals surface area contributed by atoms with Gasteiger partial charge in [0, 0.05) is 35.3 Å². The van der Waals surface area contributed by atoms with Crippen LogP contribution in [-0.4, -0.2) is 24.4 Å². The van der Waals surface area contributed by atoms with Crippen LogP contribution in [0.5, 0.6) is 0 Å². The molecule has 2 aromatic rings. The minimum absolute atomic E-state index is 0.0788. The summed E-state index contributed by atoms with van der Waals surface area (Å²) in [6, 6.07) is 6.07. The third-order valence-electron chi connectivity index (χ3n) is 3.41. The molecule has 1 heterocycles. The maximum atomic E-state index is 12.4. The second-order valence-corrected chi connectivity index (χ2v) is 9.48. The Balaban J connectivity index is 2.06. The van der Waals surface area contributed by atoms with E-state index in [1.807, 2.05) is 6.92 Å². The summed E-state index contributed by atoms with van der Waals surface area (Å²) in [6.45, 7) is 7.36. The molecule has 0 aliphatic rings. The van der Waals surface area contributed by atoms with Crippen LogP contribution in [0.3, 0.4) is 0 Å². The lowest BCUT2D eigenvalue weighted by molar-refractivity contribution is -0.116. The van der Waals surface area contributed by atoms with E-state index in [1.54, 1.807) is 42.9 Å². The first-order valence-electron chi connectivity index (χ1n) is 8.07. The standard InChI is InChI=1S/C17H23N3O4S2/c1-12-11-25-16(22)20(12)9-8-15(21)18-13-6-5-7-14(10-13)26(23,24)19-17(2,3)4/h5-7,10-11,19H,8-9H2,1-4H3,(H,18,21). The summed E-state index contributed by atoms with van der Waals surface area (Å²) in [7, 11) is -3.68. The molecule has 0 unspecified atom stereocenters. The monoisotopic (exact) mass is 397 g/mol. The van der Waals surface area contributed by atoms with Gasteiger partial charge in [-0.2, -0.15) is 0 Å². The summed E-state index contributed by atoms with van der Waals surface area (Å²) in [4.78, 5) is 23.8. The van der Waals surface area contributed by atoms with E-state index in [0.29, 0.717) is 5.69 Å². The average Bonchev–Trinajstić information content (AvgIpc) is 2.82. The van der Waals surface area contributed by atoms with E-state index < -0.39 is 15.6 Å². The molecule has 0 aliphatic heterocycles. The second-order valence-electron chi connectivity index (χ2n) is 6.98. The van der Waals surface area contributed by atoms with Crippen molar-refractivity contribution in [2.45, 2.75) is 51.1 Å². The van der Waals surface area contributed by atoms with Crippen molar-refractivity contribution in [1.29, 1.82) is 0 Å². The molecular weight excluding hydrogens is 374 g/mol. The van der Waals surface area contributed by atoms with E-state index in [0.717, 1.165) is 17.0 Å². The van der Waals surface area contributed by atoms with Gasteiger partial charge in [0.15, 0.2) is 0 Å². The fourth-order valence-electron chi connectivity index (χ4n) is 2.31. The quantitative estimate of drug-likeness (QED) is 0.782. The van der Waals surface area contributed by atoms with Gasteiger partial charge in [0.05, 0.1) is 4.90 Å². The molecule has 1 aromatic heterocycles. The van der Waals surface area contributed by atoms with Crippen molar-refractivity contribution < 1.29 is 13.2 Å². The zero-order valence-electron chi connectivity index (χ0n) is 15.2. The number of carbonyl (C=O) groups excluding carboxylic acids is 1. The number of hydrogen-bond acceptors (Lipinski definition) is 5. The Kier molecular flexibility index (Phi) is 6.05. The number of thiazole rings is 1. The summed E-state index contributed by atoms with van der Waals surface area (Å²) < 4.78 is 28.9.